The molecule has 5 heteroatoms. The van der Waals surface area contributed by atoms with Crippen molar-refractivity contribution in [1.82, 2.24) is 0 Å². The molecule has 5 nitrogen and oxygen atoms in total. The summed E-state index contributed by atoms with van der Waals surface area (Å²) in [5.41, 5.74) is 1.20. The van der Waals surface area contributed by atoms with Crippen LogP contribution >= 0.6 is 0 Å². The van der Waals surface area contributed by atoms with Crippen molar-refractivity contribution in [2.75, 3.05) is 25.1 Å². The Morgan fingerprint density at radius 3 is 2.03 bits per heavy atom. The summed E-state index contributed by atoms with van der Waals surface area (Å²) in [7, 11) is 0. The fourth-order valence-corrected chi connectivity index (χ4v) is 2.68. The van der Waals surface area contributed by atoms with Crippen LogP contribution in [0, 0.1) is 5.92 Å². The lowest BCUT2D eigenvalue weighted by molar-refractivity contribution is 0.102. The summed E-state index contributed by atoms with van der Waals surface area (Å²) in [6, 6.07) is 24.1. The topological polar surface area (TPSA) is 56.8 Å². The third kappa shape index (κ3) is 6.55. The van der Waals surface area contributed by atoms with Crippen molar-refractivity contribution in [2.45, 2.75) is 13.8 Å². The Hall–Kier alpha value is -3.47. The van der Waals surface area contributed by atoms with Gasteiger partial charge in [-0.05, 0) is 54.4 Å². The maximum atomic E-state index is 12.6. The highest BCUT2D eigenvalue weighted by molar-refractivity contribution is 6.05. The van der Waals surface area contributed by atoms with Crippen molar-refractivity contribution in [3.8, 4) is 17.2 Å². The van der Waals surface area contributed by atoms with E-state index >= 15 is 0 Å². The smallest absolute Gasteiger partial charge is 0.255 e. The van der Waals surface area contributed by atoms with E-state index in [4.69, 9.17) is 14.2 Å². The lowest BCUT2D eigenvalue weighted by Gasteiger charge is -2.14. The molecule has 0 spiro atoms. The van der Waals surface area contributed by atoms with Crippen LogP contribution in [0.5, 0.6) is 17.2 Å². The van der Waals surface area contributed by atoms with Gasteiger partial charge in [-0.15, -0.1) is 0 Å². The van der Waals surface area contributed by atoms with Crippen LogP contribution < -0.4 is 19.5 Å². The van der Waals surface area contributed by atoms with Gasteiger partial charge in [0.05, 0.1) is 12.3 Å². The first-order valence-corrected chi connectivity index (χ1v) is 10.1. The van der Waals surface area contributed by atoms with Gasteiger partial charge in [0.1, 0.15) is 30.5 Å². The maximum Gasteiger partial charge on any atom is 0.255 e. The highest BCUT2D eigenvalue weighted by atomic mass is 16.5. The maximum absolute atomic E-state index is 12.6. The highest BCUT2D eigenvalue weighted by Crippen LogP contribution is 2.25. The minimum absolute atomic E-state index is 0.199. The summed E-state index contributed by atoms with van der Waals surface area (Å²) < 4.78 is 17.1. The predicted octanol–water partition coefficient (Wildman–Crippen LogP) is 5.43. The number of carbonyl (C=O) groups excluding carboxylic acids is 1. The van der Waals surface area contributed by atoms with E-state index in [1.54, 1.807) is 24.3 Å². The van der Waals surface area contributed by atoms with Crippen molar-refractivity contribution in [3.63, 3.8) is 0 Å². The van der Waals surface area contributed by atoms with Crippen molar-refractivity contribution < 1.29 is 19.0 Å². The van der Waals surface area contributed by atoms with Crippen LogP contribution in [0.4, 0.5) is 5.69 Å². The first kappa shape index (κ1) is 21.2. The SMILES string of the molecule is CC(C)COc1ccccc1NC(=O)c1ccc(OCCOc2ccccc2)cc1. The van der Waals surface area contributed by atoms with Gasteiger partial charge < -0.3 is 19.5 Å². The Morgan fingerprint density at radius 1 is 0.767 bits per heavy atom. The summed E-state index contributed by atoms with van der Waals surface area (Å²) >= 11 is 0. The number of benzene rings is 3. The number of anilines is 1. The molecule has 3 rings (SSSR count). The summed E-state index contributed by atoms with van der Waals surface area (Å²) in [6.07, 6.45) is 0. The van der Waals surface area contributed by atoms with Crippen LogP contribution in [-0.4, -0.2) is 25.7 Å². The average molecular weight is 405 g/mol. The van der Waals surface area contributed by atoms with Gasteiger partial charge in [-0.1, -0.05) is 44.2 Å². The molecule has 30 heavy (non-hydrogen) atoms. The molecular weight excluding hydrogens is 378 g/mol. The van der Waals surface area contributed by atoms with Crippen molar-refractivity contribution in [2.24, 2.45) is 5.92 Å². The second kappa shape index (κ2) is 10.9. The van der Waals surface area contributed by atoms with Crippen LogP contribution in [0.3, 0.4) is 0 Å². The van der Waals surface area contributed by atoms with Gasteiger partial charge in [0.2, 0.25) is 0 Å². The van der Waals surface area contributed by atoms with E-state index in [0.717, 1.165) is 5.75 Å². The quantitative estimate of drug-likeness (QED) is 0.457. The molecule has 0 aliphatic carbocycles. The Balaban J connectivity index is 1.50. The summed E-state index contributed by atoms with van der Waals surface area (Å²) in [5.74, 6) is 2.36. The molecular formula is C25H27NO4. The fourth-order valence-electron chi connectivity index (χ4n) is 2.68. The van der Waals surface area contributed by atoms with Crippen molar-refractivity contribution in [3.05, 3.63) is 84.4 Å². The number of amides is 1. The minimum atomic E-state index is -0.199. The molecule has 0 heterocycles. The summed E-state index contributed by atoms with van der Waals surface area (Å²) in [4.78, 5) is 12.6. The largest absolute Gasteiger partial charge is 0.491 e. The van der Waals surface area contributed by atoms with E-state index in [-0.39, 0.29) is 5.91 Å². The Bertz CT molecular complexity index is 923. The molecule has 3 aromatic carbocycles. The Labute approximate surface area is 177 Å². The summed E-state index contributed by atoms with van der Waals surface area (Å²) in [5, 5.41) is 2.92. The number of carbonyl (C=O) groups is 1. The second-order valence-corrected chi connectivity index (χ2v) is 7.19. The van der Waals surface area contributed by atoms with Crippen LogP contribution in [0.2, 0.25) is 0 Å². The zero-order valence-electron chi connectivity index (χ0n) is 17.3. The van der Waals surface area contributed by atoms with Gasteiger partial charge in [-0.2, -0.15) is 0 Å². The third-order valence-corrected chi connectivity index (χ3v) is 4.19. The monoisotopic (exact) mass is 405 g/mol. The zero-order valence-corrected chi connectivity index (χ0v) is 17.3. The molecule has 0 saturated heterocycles. The number of ether oxygens (including phenoxy) is 3. The molecule has 3 aromatic rings. The second-order valence-electron chi connectivity index (χ2n) is 7.19. The predicted molar refractivity (Wildman–Crippen MR) is 119 cm³/mol. The number of para-hydroxylation sites is 3. The van der Waals surface area contributed by atoms with Gasteiger partial charge in [-0.3, -0.25) is 4.79 Å². The molecule has 1 amide bonds. The van der Waals surface area contributed by atoms with E-state index in [2.05, 4.69) is 19.2 Å². The van der Waals surface area contributed by atoms with Crippen LogP contribution in [0.1, 0.15) is 24.2 Å². The summed E-state index contributed by atoms with van der Waals surface area (Å²) in [6.45, 7) is 5.62. The third-order valence-electron chi connectivity index (χ3n) is 4.19. The van der Waals surface area contributed by atoms with E-state index in [1.165, 1.54) is 0 Å². The standard InChI is InChI=1S/C25H27NO4/c1-19(2)18-30-24-11-7-6-10-23(24)26-25(27)20-12-14-22(15-13-20)29-17-16-28-21-8-4-3-5-9-21/h3-15,19H,16-18H2,1-2H3,(H,26,27). The van der Waals surface area contributed by atoms with Crippen molar-refractivity contribution >= 4 is 11.6 Å². The molecule has 0 aliphatic rings. The molecule has 0 aromatic heterocycles. The van der Waals surface area contributed by atoms with E-state index in [1.807, 2.05) is 54.6 Å². The number of hydrogen-bond donors (Lipinski definition) is 1. The number of rotatable bonds is 10. The van der Waals surface area contributed by atoms with Crippen LogP contribution in [-0.2, 0) is 0 Å². The molecule has 0 bridgehead atoms. The zero-order chi connectivity index (χ0) is 21.2. The lowest BCUT2D eigenvalue weighted by atomic mass is 10.2. The molecule has 0 atom stereocenters. The molecule has 0 unspecified atom stereocenters. The molecule has 1 N–H and O–H groups in total. The molecule has 0 saturated carbocycles. The highest BCUT2D eigenvalue weighted by Gasteiger charge is 2.10. The van der Waals surface area contributed by atoms with Crippen LogP contribution in [0.25, 0.3) is 0 Å². The number of hydrogen-bond acceptors (Lipinski definition) is 4. The minimum Gasteiger partial charge on any atom is -0.491 e. The lowest BCUT2D eigenvalue weighted by Crippen LogP contribution is -2.14. The Morgan fingerprint density at radius 2 is 1.37 bits per heavy atom. The van der Waals surface area contributed by atoms with Gasteiger partial charge in [0.25, 0.3) is 5.91 Å². The van der Waals surface area contributed by atoms with E-state index in [9.17, 15) is 4.79 Å². The van der Waals surface area contributed by atoms with E-state index < -0.39 is 0 Å². The van der Waals surface area contributed by atoms with Gasteiger partial charge in [-0.25, -0.2) is 0 Å². The van der Waals surface area contributed by atoms with Crippen molar-refractivity contribution in [1.29, 1.82) is 0 Å². The molecule has 0 fully saturated rings. The fraction of sp³-hybridized carbons (Fsp3) is 0.240. The Kier molecular flexibility index (Phi) is 7.72. The molecule has 0 aliphatic heterocycles. The van der Waals surface area contributed by atoms with E-state index in [0.29, 0.717) is 48.5 Å². The first-order chi connectivity index (χ1) is 14.6. The van der Waals surface area contributed by atoms with Crippen LogP contribution in [0.15, 0.2) is 78.9 Å². The van der Waals surface area contributed by atoms with Gasteiger partial charge in [0.15, 0.2) is 0 Å². The molecule has 0 radical (unpaired) electrons. The molecule has 156 valence electrons. The van der Waals surface area contributed by atoms with Gasteiger partial charge in [0, 0.05) is 5.56 Å². The first-order valence-electron chi connectivity index (χ1n) is 10.1. The normalized spacial score (nSPS) is 10.5. The van der Waals surface area contributed by atoms with Gasteiger partial charge >= 0.3 is 0 Å². The number of nitrogens with one attached hydrogen (secondary N) is 1. The average Bonchev–Trinajstić information content (AvgIpc) is 2.77.